The molecule has 1 fully saturated rings. The molecule has 14 heteroatoms. The number of hydrogen-bond donors (Lipinski definition) is 0. The number of anilines is 1. The van der Waals surface area contributed by atoms with Crippen molar-refractivity contribution < 1.29 is 40.6 Å². The van der Waals surface area contributed by atoms with Gasteiger partial charge in [0.1, 0.15) is 5.60 Å². The summed E-state index contributed by atoms with van der Waals surface area (Å²) in [7, 11) is 1.46. The van der Waals surface area contributed by atoms with Crippen molar-refractivity contribution in [1.82, 2.24) is 14.9 Å². The van der Waals surface area contributed by atoms with Gasteiger partial charge in [0.25, 0.3) is 0 Å². The number of likely N-dealkylation sites (tertiary alicyclic amines) is 1. The van der Waals surface area contributed by atoms with Crippen LogP contribution in [0.4, 0.5) is 37.1 Å². The van der Waals surface area contributed by atoms with Crippen LogP contribution >= 0.6 is 15.9 Å². The number of nitrogens with zero attached hydrogens (tertiary/aromatic N) is 4. The van der Waals surface area contributed by atoms with Crippen LogP contribution in [0.5, 0.6) is 0 Å². The number of aromatic nitrogens is 2. The highest BCUT2D eigenvalue weighted by molar-refractivity contribution is 9.10. The van der Waals surface area contributed by atoms with Crippen molar-refractivity contribution in [2.45, 2.75) is 63.8 Å². The molecule has 210 valence electrons. The van der Waals surface area contributed by atoms with Crippen molar-refractivity contribution in [3.05, 3.63) is 51.8 Å². The summed E-state index contributed by atoms with van der Waals surface area (Å²) in [4.78, 5) is 24.3. The average molecular weight is 613 g/mol. The molecule has 38 heavy (non-hydrogen) atoms. The Morgan fingerprint density at radius 2 is 1.61 bits per heavy atom. The average Bonchev–Trinajstić information content (AvgIpc) is 3.20. The highest BCUT2D eigenvalue weighted by atomic mass is 79.9. The fraction of sp³-hybridized carbons (Fsp3) is 0.542. The molecule has 1 aromatic carbocycles. The molecule has 0 saturated carbocycles. The van der Waals surface area contributed by atoms with Gasteiger partial charge in [0.15, 0.2) is 0 Å². The van der Waals surface area contributed by atoms with Gasteiger partial charge in [-0.1, -0.05) is 0 Å². The van der Waals surface area contributed by atoms with Crippen LogP contribution in [0.25, 0.3) is 0 Å². The van der Waals surface area contributed by atoms with Crippen LogP contribution in [-0.4, -0.2) is 58.9 Å². The van der Waals surface area contributed by atoms with Gasteiger partial charge in [-0.25, -0.2) is 14.8 Å². The van der Waals surface area contributed by atoms with E-state index < -0.39 is 47.3 Å². The van der Waals surface area contributed by atoms with Gasteiger partial charge < -0.3 is 19.3 Å². The van der Waals surface area contributed by atoms with Crippen LogP contribution in [0.2, 0.25) is 0 Å². The van der Waals surface area contributed by atoms with Gasteiger partial charge in [0, 0.05) is 32.6 Å². The van der Waals surface area contributed by atoms with Crippen molar-refractivity contribution in [1.29, 1.82) is 0 Å². The molecule has 1 saturated heterocycles. The lowest BCUT2D eigenvalue weighted by Gasteiger charge is -2.30. The first-order chi connectivity index (χ1) is 17.5. The summed E-state index contributed by atoms with van der Waals surface area (Å²) in [5, 5.41) is 0. The molecule has 0 N–H and O–H groups in total. The van der Waals surface area contributed by atoms with Gasteiger partial charge in [0.2, 0.25) is 5.95 Å². The Balaban J connectivity index is 2.02. The normalized spacial score (nSPS) is 18.6. The van der Waals surface area contributed by atoms with E-state index in [1.54, 1.807) is 20.8 Å². The maximum Gasteiger partial charge on any atom is 0.416 e. The van der Waals surface area contributed by atoms with E-state index in [1.807, 2.05) is 0 Å². The van der Waals surface area contributed by atoms with Crippen LogP contribution in [0, 0.1) is 0 Å². The monoisotopic (exact) mass is 612 g/mol. The zero-order valence-corrected chi connectivity index (χ0v) is 22.6. The zero-order valence-electron chi connectivity index (χ0n) is 21.0. The predicted octanol–water partition coefficient (Wildman–Crippen LogP) is 6.31. The van der Waals surface area contributed by atoms with Crippen molar-refractivity contribution in [3.63, 3.8) is 0 Å². The van der Waals surface area contributed by atoms with Crippen LogP contribution in [0.15, 0.2) is 35.1 Å². The van der Waals surface area contributed by atoms with E-state index in [-0.39, 0.29) is 43.7 Å². The molecule has 2 aromatic rings. The summed E-state index contributed by atoms with van der Waals surface area (Å²) < 4.78 is 92.1. The number of rotatable bonds is 6. The summed E-state index contributed by atoms with van der Waals surface area (Å²) in [6.45, 7) is 4.95. The molecule has 1 aliphatic rings. The third-order valence-corrected chi connectivity index (χ3v) is 6.09. The number of benzene rings is 1. The molecule has 0 spiro atoms. The van der Waals surface area contributed by atoms with E-state index in [4.69, 9.17) is 9.47 Å². The SMILES string of the molecule is COCC1CC(N(Cc2cc(C(F)(F)F)cc(C(F)(F)F)c2)c2ncc(Br)cn2)CN1C(=O)OC(C)(C)C. The number of halogens is 7. The summed E-state index contributed by atoms with van der Waals surface area (Å²) in [5.74, 6) is 0.0753. The Morgan fingerprint density at radius 3 is 2.08 bits per heavy atom. The van der Waals surface area contributed by atoms with Crippen LogP contribution in [0.3, 0.4) is 0 Å². The summed E-state index contributed by atoms with van der Waals surface area (Å²) in [6, 6.07) is 0.416. The molecule has 1 aromatic heterocycles. The molecular weight excluding hydrogens is 586 g/mol. The zero-order chi connectivity index (χ0) is 28.5. The standard InChI is InChI=1S/C24H27BrF6N4O3/c1-22(2,3)38-21(36)35-12-18(8-19(35)13-37-4)34(20-32-9-17(25)10-33-20)11-14-5-15(23(26,27)28)7-16(6-14)24(29,30)31/h5-7,9-10,18-19H,8,11-13H2,1-4H3. The highest BCUT2D eigenvalue weighted by Gasteiger charge is 2.42. The molecule has 3 rings (SSSR count). The largest absolute Gasteiger partial charge is 0.444 e. The van der Waals surface area contributed by atoms with Crippen LogP contribution in [0.1, 0.15) is 43.9 Å². The summed E-state index contributed by atoms with van der Waals surface area (Å²) in [5.41, 5.74) is -3.86. The van der Waals surface area contributed by atoms with E-state index in [9.17, 15) is 31.1 Å². The fourth-order valence-electron chi connectivity index (χ4n) is 4.14. The van der Waals surface area contributed by atoms with Gasteiger partial charge in [-0.15, -0.1) is 0 Å². The van der Waals surface area contributed by atoms with Crippen molar-refractivity contribution in [3.8, 4) is 0 Å². The van der Waals surface area contributed by atoms with Crippen molar-refractivity contribution in [2.24, 2.45) is 0 Å². The second-order valence-electron chi connectivity index (χ2n) is 9.87. The minimum atomic E-state index is -4.99. The minimum Gasteiger partial charge on any atom is -0.444 e. The molecule has 1 amide bonds. The molecular formula is C24H27BrF6N4O3. The van der Waals surface area contributed by atoms with E-state index in [0.717, 1.165) is 0 Å². The Morgan fingerprint density at radius 1 is 1.05 bits per heavy atom. The number of ether oxygens (including phenoxy) is 2. The highest BCUT2D eigenvalue weighted by Crippen LogP contribution is 2.37. The second-order valence-corrected chi connectivity index (χ2v) is 10.8. The molecule has 0 bridgehead atoms. The predicted molar refractivity (Wildman–Crippen MR) is 129 cm³/mol. The molecule has 1 aliphatic heterocycles. The molecule has 2 heterocycles. The third kappa shape index (κ3) is 7.71. The number of hydrogen-bond acceptors (Lipinski definition) is 6. The topological polar surface area (TPSA) is 67.8 Å². The lowest BCUT2D eigenvalue weighted by molar-refractivity contribution is -0.143. The first kappa shape index (κ1) is 29.9. The van der Waals surface area contributed by atoms with E-state index in [1.165, 1.54) is 29.3 Å². The quantitative estimate of drug-likeness (QED) is 0.356. The summed E-state index contributed by atoms with van der Waals surface area (Å²) >= 11 is 3.21. The van der Waals surface area contributed by atoms with Gasteiger partial charge >= 0.3 is 18.4 Å². The number of methoxy groups -OCH3 is 1. The maximum atomic E-state index is 13.5. The number of carbonyl (C=O) groups is 1. The third-order valence-electron chi connectivity index (χ3n) is 5.68. The first-order valence-corrected chi connectivity index (χ1v) is 12.3. The molecule has 0 radical (unpaired) electrons. The Hall–Kier alpha value is -2.61. The van der Waals surface area contributed by atoms with E-state index >= 15 is 0 Å². The molecule has 7 nitrogen and oxygen atoms in total. The van der Waals surface area contributed by atoms with Crippen LogP contribution < -0.4 is 4.90 Å². The molecule has 2 unspecified atom stereocenters. The maximum absolute atomic E-state index is 13.5. The summed E-state index contributed by atoms with van der Waals surface area (Å²) in [6.07, 6.45) is -7.47. The lowest BCUT2D eigenvalue weighted by atomic mass is 10.0. The Bertz CT molecular complexity index is 1090. The number of amides is 1. The van der Waals surface area contributed by atoms with Crippen molar-refractivity contribution in [2.75, 3.05) is 25.2 Å². The fourth-order valence-corrected chi connectivity index (χ4v) is 4.34. The number of carbonyl (C=O) groups excluding carboxylic acids is 1. The van der Waals surface area contributed by atoms with Gasteiger partial charge in [-0.2, -0.15) is 26.3 Å². The minimum absolute atomic E-state index is 0.0629. The van der Waals surface area contributed by atoms with Gasteiger partial charge in [-0.05, 0) is 66.9 Å². The van der Waals surface area contributed by atoms with Crippen LogP contribution in [-0.2, 0) is 28.4 Å². The lowest BCUT2D eigenvalue weighted by Crippen LogP contribution is -2.43. The number of alkyl halides is 6. The van der Waals surface area contributed by atoms with Gasteiger partial charge in [0.05, 0.1) is 34.3 Å². The van der Waals surface area contributed by atoms with E-state index in [0.29, 0.717) is 16.6 Å². The smallest absolute Gasteiger partial charge is 0.416 e. The van der Waals surface area contributed by atoms with E-state index in [2.05, 4.69) is 25.9 Å². The molecule has 0 aliphatic carbocycles. The Labute approximate surface area is 224 Å². The molecule has 2 atom stereocenters. The van der Waals surface area contributed by atoms with Gasteiger partial charge in [-0.3, -0.25) is 0 Å². The Kier molecular flexibility index (Phi) is 8.86. The second kappa shape index (κ2) is 11.2. The van der Waals surface area contributed by atoms with Crippen molar-refractivity contribution >= 4 is 28.0 Å². The first-order valence-electron chi connectivity index (χ1n) is 11.5.